The number of methoxy groups -OCH3 is 1. The highest BCUT2D eigenvalue weighted by atomic mass is 32.2. The van der Waals surface area contributed by atoms with E-state index in [-0.39, 0.29) is 11.8 Å². The molecule has 2 aromatic rings. The summed E-state index contributed by atoms with van der Waals surface area (Å²) in [7, 11) is 1.57. The molecule has 1 aliphatic heterocycles. The molecule has 0 aliphatic carbocycles. The summed E-state index contributed by atoms with van der Waals surface area (Å²) in [6.45, 7) is 1.59. The van der Waals surface area contributed by atoms with Crippen LogP contribution in [0.1, 0.15) is 12.8 Å². The van der Waals surface area contributed by atoms with Gasteiger partial charge in [-0.05, 0) is 43.4 Å². The zero-order valence-corrected chi connectivity index (χ0v) is 15.3. The van der Waals surface area contributed by atoms with E-state index in [4.69, 9.17) is 4.74 Å². The minimum atomic E-state index is 0.0281. The van der Waals surface area contributed by atoms with Gasteiger partial charge in [0.15, 0.2) is 5.82 Å². The first kappa shape index (κ1) is 17.5. The Morgan fingerprint density at radius 2 is 2.04 bits per heavy atom. The van der Waals surface area contributed by atoms with E-state index in [1.54, 1.807) is 24.9 Å². The molecular formula is C18H22N4O2S. The van der Waals surface area contributed by atoms with Crippen LogP contribution in [0.5, 0.6) is 5.88 Å². The molecule has 1 amide bonds. The number of benzene rings is 1. The Labute approximate surface area is 152 Å². The second-order valence-electron chi connectivity index (χ2n) is 5.92. The normalized spacial score (nSPS) is 15.0. The van der Waals surface area contributed by atoms with E-state index in [0.717, 1.165) is 42.3 Å². The van der Waals surface area contributed by atoms with Crippen LogP contribution < -0.4 is 15.0 Å². The van der Waals surface area contributed by atoms with Gasteiger partial charge in [0.05, 0.1) is 7.11 Å². The van der Waals surface area contributed by atoms with Crippen molar-refractivity contribution < 1.29 is 9.53 Å². The van der Waals surface area contributed by atoms with Crippen LogP contribution in [0, 0.1) is 5.92 Å². The Hall–Kier alpha value is -2.28. The predicted octanol–water partition coefficient (Wildman–Crippen LogP) is 3.06. The number of ether oxygens (including phenoxy) is 1. The number of nitrogens with one attached hydrogen (secondary N) is 1. The number of hydrogen-bond acceptors (Lipinski definition) is 6. The molecule has 7 heteroatoms. The van der Waals surface area contributed by atoms with E-state index in [9.17, 15) is 4.79 Å². The van der Waals surface area contributed by atoms with Crippen molar-refractivity contribution in [2.45, 2.75) is 17.7 Å². The van der Waals surface area contributed by atoms with Crippen LogP contribution in [-0.2, 0) is 4.79 Å². The summed E-state index contributed by atoms with van der Waals surface area (Å²) in [5.74, 6) is 1.46. The van der Waals surface area contributed by atoms with Crippen LogP contribution in [0.4, 0.5) is 11.5 Å². The third kappa shape index (κ3) is 4.42. The van der Waals surface area contributed by atoms with Gasteiger partial charge in [-0.15, -0.1) is 22.0 Å². The first-order valence-electron chi connectivity index (χ1n) is 8.27. The molecule has 1 saturated heterocycles. The number of nitrogens with zero attached hydrogens (tertiary/aromatic N) is 3. The van der Waals surface area contributed by atoms with E-state index in [1.807, 2.05) is 36.6 Å². The highest BCUT2D eigenvalue weighted by Gasteiger charge is 2.25. The summed E-state index contributed by atoms with van der Waals surface area (Å²) in [4.78, 5) is 15.8. The average molecular weight is 358 g/mol. The lowest BCUT2D eigenvalue weighted by molar-refractivity contribution is -0.120. The van der Waals surface area contributed by atoms with Gasteiger partial charge in [0, 0.05) is 35.7 Å². The molecule has 2 heterocycles. The third-order valence-electron chi connectivity index (χ3n) is 4.36. The summed E-state index contributed by atoms with van der Waals surface area (Å²) in [5.41, 5.74) is 0.861. The lowest BCUT2D eigenvalue weighted by Gasteiger charge is -2.31. The van der Waals surface area contributed by atoms with Crippen LogP contribution in [-0.4, -0.2) is 42.6 Å². The summed E-state index contributed by atoms with van der Waals surface area (Å²) in [5, 5.41) is 11.2. The van der Waals surface area contributed by atoms with Crippen molar-refractivity contribution in [3.05, 3.63) is 36.4 Å². The minimum Gasteiger partial charge on any atom is -0.480 e. The monoisotopic (exact) mass is 358 g/mol. The van der Waals surface area contributed by atoms with Gasteiger partial charge in [0.25, 0.3) is 0 Å². The minimum absolute atomic E-state index is 0.0281. The molecule has 0 radical (unpaired) electrons. The topological polar surface area (TPSA) is 67.3 Å². The lowest BCUT2D eigenvalue weighted by atomic mass is 9.96. The van der Waals surface area contributed by atoms with E-state index >= 15 is 0 Å². The molecule has 1 fully saturated rings. The zero-order chi connectivity index (χ0) is 17.6. The fourth-order valence-corrected chi connectivity index (χ4v) is 3.37. The maximum absolute atomic E-state index is 12.5. The Balaban J connectivity index is 1.54. The van der Waals surface area contributed by atoms with Gasteiger partial charge < -0.3 is 15.0 Å². The second kappa shape index (κ2) is 8.20. The van der Waals surface area contributed by atoms with Crippen molar-refractivity contribution in [2.75, 3.05) is 36.7 Å². The number of carbonyl (C=O) groups excluding carboxylic acids is 1. The SMILES string of the molecule is COc1ccc(N2CCC(C(=O)Nc3cccc(SC)c3)CC2)nn1. The Bertz CT molecular complexity index is 715. The maximum atomic E-state index is 12.5. The molecule has 1 aromatic carbocycles. The zero-order valence-electron chi connectivity index (χ0n) is 14.4. The number of amides is 1. The van der Waals surface area contributed by atoms with Gasteiger partial charge in [-0.3, -0.25) is 4.79 Å². The van der Waals surface area contributed by atoms with Crippen LogP contribution in [0.3, 0.4) is 0 Å². The first-order valence-corrected chi connectivity index (χ1v) is 9.49. The van der Waals surface area contributed by atoms with Crippen molar-refractivity contribution >= 4 is 29.2 Å². The molecule has 0 atom stereocenters. The number of aromatic nitrogens is 2. The van der Waals surface area contributed by atoms with Crippen LogP contribution in [0.15, 0.2) is 41.3 Å². The standard InChI is InChI=1S/C18H22N4O2S/c1-24-17-7-6-16(20-21-17)22-10-8-13(9-11-22)18(23)19-14-4-3-5-15(12-14)25-2/h3-7,12-13H,8-11H2,1-2H3,(H,19,23). The molecule has 0 spiro atoms. The van der Waals surface area contributed by atoms with Crippen LogP contribution in [0.2, 0.25) is 0 Å². The van der Waals surface area contributed by atoms with E-state index in [1.165, 1.54) is 0 Å². The molecule has 1 N–H and O–H groups in total. The smallest absolute Gasteiger partial charge is 0.233 e. The molecular weight excluding hydrogens is 336 g/mol. The van der Waals surface area contributed by atoms with Crippen molar-refractivity contribution in [2.24, 2.45) is 5.92 Å². The maximum Gasteiger partial charge on any atom is 0.233 e. The van der Waals surface area contributed by atoms with E-state index < -0.39 is 0 Å². The first-order chi connectivity index (χ1) is 12.2. The molecule has 1 aromatic heterocycles. The largest absolute Gasteiger partial charge is 0.480 e. The van der Waals surface area contributed by atoms with Gasteiger partial charge in [-0.1, -0.05) is 6.07 Å². The van der Waals surface area contributed by atoms with Gasteiger partial charge in [-0.25, -0.2) is 0 Å². The lowest BCUT2D eigenvalue weighted by Crippen LogP contribution is -2.38. The molecule has 0 saturated carbocycles. The molecule has 1 aliphatic rings. The third-order valence-corrected chi connectivity index (χ3v) is 5.09. The summed E-state index contributed by atoms with van der Waals surface area (Å²) < 4.78 is 5.03. The Kier molecular flexibility index (Phi) is 5.75. The van der Waals surface area contributed by atoms with Crippen LogP contribution >= 0.6 is 11.8 Å². The fraction of sp³-hybridized carbons (Fsp3) is 0.389. The summed E-state index contributed by atoms with van der Waals surface area (Å²) >= 11 is 1.67. The van der Waals surface area contributed by atoms with Gasteiger partial charge in [0.1, 0.15) is 0 Å². The summed E-state index contributed by atoms with van der Waals surface area (Å²) in [6.07, 6.45) is 3.64. The van der Waals surface area contributed by atoms with E-state index in [2.05, 4.69) is 20.4 Å². The highest BCUT2D eigenvalue weighted by molar-refractivity contribution is 7.98. The highest BCUT2D eigenvalue weighted by Crippen LogP contribution is 2.24. The van der Waals surface area contributed by atoms with Gasteiger partial charge in [-0.2, -0.15) is 0 Å². The average Bonchev–Trinajstić information content (AvgIpc) is 2.68. The Morgan fingerprint density at radius 1 is 1.24 bits per heavy atom. The molecule has 3 rings (SSSR count). The van der Waals surface area contributed by atoms with Crippen molar-refractivity contribution in [1.29, 1.82) is 0 Å². The second-order valence-corrected chi connectivity index (χ2v) is 6.80. The predicted molar refractivity (Wildman–Crippen MR) is 100 cm³/mol. The number of piperidine rings is 1. The number of anilines is 2. The van der Waals surface area contributed by atoms with Crippen LogP contribution in [0.25, 0.3) is 0 Å². The van der Waals surface area contributed by atoms with Crippen molar-refractivity contribution in [3.8, 4) is 5.88 Å². The number of hydrogen-bond donors (Lipinski definition) is 1. The molecule has 0 bridgehead atoms. The number of carbonyl (C=O) groups is 1. The van der Waals surface area contributed by atoms with Crippen molar-refractivity contribution in [1.82, 2.24) is 10.2 Å². The number of rotatable bonds is 5. The van der Waals surface area contributed by atoms with Crippen molar-refractivity contribution in [3.63, 3.8) is 0 Å². The molecule has 132 valence electrons. The van der Waals surface area contributed by atoms with Gasteiger partial charge in [0.2, 0.25) is 11.8 Å². The Morgan fingerprint density at radius 3 is 2.68 bits per heavy atom. The van der Waals surface area contributed by atoms with E-state index in [0.29, 0.717) is 5.88 Å². The fourth-order valence-electron chi connectivity index (χ4n) is 2.91. The molecule has 6 nitrogen and oxygen atoms in total. The summed E-state index contributed by atoms with van der Waals surface area (Å²) in [6, 6.07) is 11.6. The molecule has 25 heavy (non-hydrogen) atoms. The number of thioether (sulfide) groups is 1. The molecule has 0 unspecified atom stereocenters. The van der Waals surface area contributed by atoms with Gasteiger partial charge >= 0.3 is 0 Å². The quantitative estimate of drug-likeness (QED) is 0.829.